The normalized spacial score (nSPS) is 21.4. The molecule has 0 aromatic heterocycles. The van der Waals surface area contributed by atoms with Crippen LogP contribution >= 0.6 is 0 Å². The second kappa shape index (κ2) is 6.13. The summed E-state index contributed by atoms with van der Waals surface area (Å²) in [6.07, 6.45) is 2.84. The quantitative estimate of drug-likeness (QED) is 0.832. The molecule has 0 N–H and O–H groups in total. The average Bonchev–Trinajstić information content (AvgIpc) is 2.97. The summed E-state index contributed by atoms with van der Waals surface area (Å²) in [4.78, 5) is 14.5. The maximum Gasteiger partial charge on any atom is 0.254 e. The lowest BCUT2D eigenvalue weighted by atomic mass is 10.1. The zero-order chi connectivity index (χ0) is 16.6. The number of hydrogen-bond donors (Lipinski definition) is 0. The Balaban J connectivity index is 1.81. The number of nitrogens with zero attached hydrogens (tertiary/aromatic N) is 2. The van der Waals surface area contributed by atoms with Gasteiger partial charge in [-0.2, -0.15) is 0 Å². The molecule has 1 atom stereocenters. The fourth-order valence-corrected chi connectivity index (χ4v) is 4.14. The summed E-state index contributed by atoms with van der Waals surface area (Å²) >= 11 is 0. The van der Waals surface area contributed by atoms with Crippen LogP contribution in [0.5, 0.6) is 0 Å². The van der Waals surface area contributed by atoms with Gasteiger partial charge in [0, 0.05) is 25.2 Å². The number of benzene rings is 1. The van der Waals surface area contributed by atoms with Gasteiger partial charge in [0.05, 0.1) is 24.7 Å². The summed E-state index contributed by atoms with van der Waals surface area (Å²) in [7, 11) is -3.26. The summed E-state index contributed by atoms with van der Waals surface area (Å²) in [5, 5.41) is 0. The predicted molar refractivity (Wildman–Crippen MR) is 88.3 cm³/mol. The van der Waals surface area contributed by atoms with Gasteiger partial charge in [-0.1, -0.05) is 6.92 Å². The molecule has 1 aromatic carbocycles. The first kappa shape index (κ1) is 16.3. The standard InChI is InChI=1S/C16H22N2O4S/c1-3-14-11-17(8-9-22-14)16(19)13-4-5-15-12(10-13)6-7-18(15)23(2,20)21/h4-5,10,14H,3,6-9,11H2,1-2H3. The Morgan fingerprint density at radius 3 is 2.83 bits per heavy atom. The lowest BCUT2D eigenvalue weighted by molar-refractivity contribution is -0.0226. The SMILES string of the molecule is CCC1CN(C(=O)c2ccc3c(c2)CCN3S(C)(=O)=O)CCO1. The maximum atomic E-state index is 12.7. The number of carbonyl (C=O) groups excluding carboxylic acids is 1. The number of fused-ring (bicyclic) bond motifs is 1. The molecule has 0 aliphatic carbocycles. The van der Waals surface area contributed by atoms with Crippen molar-refractivity contribution in [3.05, 3.63) is 29.3 Å². The number of hydrogen-bond acceptors (Lipinski definition) is 4. The number of carbonyl (C=O) groups is 1. The van der Waals surface area contributed by atoms with Gasteiger partial charge in [-0.25, -0.2) is 8.42 Å². The lowest BCUT2D eigenvalue weighted by Gasteiger charge is -2.32. The molecule has 0 radical (unpaired) electrons. The number of sulfonamides is 1. The highest BCUT2D eigenvalue weighted by Crippen LogP contribution is 2.31. The molecule has 3 rings (SSSR count). The van der Waals surface area contributed by atoms with Gasteiger partial charge in [-0.15, -0.1) is 0 Å². The topological polar surface area (TPSA) is 66.9 Å². The van der Waals surface area contributed by atoms with E-state index in [1.165, 1.54) is 10.6 Å². The van der Waals surface area contributed by atoms with Crippen LogP contribution in [0.3, 0.4) is 0 Å². The molecular weight excluding hydrogens is 316 g/mol. The van der Waals surface area contributed by atoms with E-state index in [2.05, 4.69) is 0 Å². The molecule has 2 aliphatic rings. The van der Waals surface area contributed by atoms with Gasteiger partial charge in [0.2, 0.25) is 10.0 Å². The Morgan fingerprint density at radius 2 is 2.13 bits per heavy atom. The molecule has 0 spiro atoms. The van der Waals surface area contributed by atoms with Gasteiger partial charge < -0.3 is 9.64 Å². The molecule has 2 heterocycles. The van der Waals surface area contributed by atoms with Crippen molar-refractivity contribution in [3.8, 4) is 0 Å². The summed E-state index contributed by atoms with van der Waals surface area (Å²) in [6.45, 7) is 4.27. The van der Waals surface area contributed by atoms with Crippen LogP contribution in [-0.2, 0) is 21.2 Å². The highest BCUT2D eigenvalue weighted by Gasteiger charge is 2.28. The van der Waals surface area contributed by atoms with E-state index >= 15 is 0 Å². The molecule has 2 aliphatic heterocycles. The molecule has 7 heteroatoms. The molecule has 126 valence electrons. The lowest BCUT2D eigenvalue weighted by Crippen LogP contribution is -2.45. The van der Waals surface area contributed by atoms with Gasteiger partial charge in [0.15, 0.2) is 0 Å². The van der Waals surface area contributed by atoms with Gasteiger partial charge >= 0.3 is 0 Å². The largest absolute Gasteiger partial charge is 0.375 e. The first-order chi connectivity index (χ1) is 10.9. The summed E-state index contributed by atoms with van der Waals surface area (Å²) in [5.41, 5.74) is 2.23. The van der Waals surface area contributed by atoms with Crippen molar-refractivity contribution in [3.63, 3.8) is 0 Å². The van der Waals surface area contributed by atoms with Crippen molar-refractivity contribution in [1.82, 2.24) is 4.90 Å². The molecule has 1 aromatic rings. The highest BCUT2D eigenvalue weighted by atomic mass is 32.2. The van der Waals surface area contributed by atoms with Crippen LogP contribution in [0.2, 0.25) is 0 Å². The van der Waals surface area contributed by atoms with E-state index in [1.54, 1.807) is 12.1 Å². The fraction of sp³-hybridized carbons (Fsp3) is 0.562. The monoisotopic (exact) mass is 338 g/mol. The van der Waals surface area contributed by atoms with Gasteiger partial charge in [-0.05, 0) is 36.6 Å². The summed E-state index contributed by atoms with van der Waals surface area (Å²) < 4.78 is 30.5. The molecule has 1 fully saturated rings. The number of morpholine rings is 1. The van der Waals surface area contributed by atoms with Crippen molar-refractivity contribution in [2.24, 2.45) is 0 Å². The molecule has 1 unspecified atom stereocenters. The number of ether oxygens (including phenoxy) is 1. The van der Waals surface area contributed by atoms with Crippen molar-refractivity contribution >= 4 is 21.6 Å². The molecule has 1 amide bonds. The van der Waals surface area contributed by atoms with E-state index in [4.69, 9.17) is 4.74 Å². The first-order valence-corrected chi connectivity index (χ1v) is 9.76. The van der Waals surface area contributed by atoms with E-state index in [0.717, 1.165) is 12.0 Å². The Kier molecular flexibility index (Phi) is 4.33. The van der Waals surface area contributed by atoms with E-state index in [1.807, 2.05) is 17.9 Å². The Hall–Kier alpha value is -1.60. The molecule has 0 saturated carbocycles. The van der Waals surface area contributed by atoms with Crippen LogP contribution in [0.4, 0.5) is 5.69 Å². The van der Waals surface area contributed by atoms with Crippen molar-refractivity contribution < 1.29 is 17.9 Å². The summed E-state index contributed by atoms with van der Waals surface area (Å²) in [5.74, 6) is -0.00708. The molecule has 23 heavy (non-hydrogen) atoms. The van der Waals surface area contributed by atoms with Crippen LogP contribution in [0, 0.1) is 0 Å². The van der Waals surface area contributed by atoms with Crippen LogP contribution in [0.25, 0.3) is 0 Å². The van der Waals surface area contributed by atoms with E-state index in [-0.39, 0.29) is 12.0 Å². The second-order valence-electron chi connectivity index (χ2n) is 6.08. The highest BCUT2D eigenvalue weighted by molar-refractivity contribution is 7.92. The minimum absolute atomic E-state index is 0.00708. The minimum Gasteiger partial charge on any atom is -0.375 e. The first-order valence-electron chi connectivity index (χ1n) is 7.91. The zero-order valence-electron chi connectivity index (χ0n) is 13.5. The number of anilines is 1. The van der Waals surface area contributed by atoms with E-state index in [9.17, 15) is 13.2 Å². The predicted octanol–water partition coefficient (Wildman–Crippen LogP) is 1.26. The van der Waals surface area contributed by atoms with Crippen LogP contribution in [0.15, 0.2) is 18.2 Å². The molecule has 6 nitrogen and oxygen atoms in total. The minimum atomic E-state index is -3.26. The van der Waals surface area contributed by atoms with Crippen LogP contribution in [-0.4, -0.2) is 57.8 Å². The van der Waals surface area contributed by atoms with Crippen molar-refractivity contribution in [2.75, 3.05) is 36.8 Å². The second-order valence-corrected chi connectivity index (χ2v) is 7.99. The van der Waals surface area contributed by atoms with Crippen molar-refractivity contribution in [2.45, 2.75) is 25.9 Å². The van der Waals surface area contributed by atoms with E-state index in [0.29, 0.717) is 43.9 Å². The van der Waals surface area contributed by atoms with Gasteiger partial charge in [0.1, 0.15) is 0 Å². The van der Waals surface area contributed by atoms with Crippen LogP contribution < -0.4 is 4.31 Å². The van der Waals surface area contributed by atoms with Crippen molar-refractivity contribution in [1.29, 1.82) is 0 Å². The Labute approximate surface area is 137 Å². The third kappa shape index (κ3) is 3.21. The Bertz CT molecular complexity index is 717. The fourth-order valence-electron chi connectivity index (χ4n) is 3.18. The van der Waals surface area contributed by atoms with E-state index < -0.39 is 10.0 Å². The smallest absolute Gasteiger partial charge is 0.254 e. The zero-order valence-corrected chi connectivity index (χ0v) is 14.3. The summed E-state index contributed by atoms with van der Waals surface area (Å²) in [6, 6.07) is 5.30. The number of amides is 1. The van der Waals surface area contributed by atoms with Gasteiger partial charge in [0.25, 0.3) is 5.91 Å². The molecule has 1 saturated heterocycles. The maximum absolute atomic E-state index is 12.7. The Morgan fingerprint density at radius 1 is 1.35 bits per heavy atom. The number of rotatable bonds is 3. The van der Waals surface area contributed by atoms with Gasteiger partial charge in [-0.3, -0.25) is 9.10 Å². The van der Waals surface area contributed by atoms with Crippen LogP contribution in [0.1, 0.15) is 29.3 Å². The average molecular weight is 338 g/mol. The third-order valence-corrected chi connectivity index (χ3v) is 5.64. The molecule has 0 bridgehead atoms. The third-order valence-electron chi connectivity index (χ3n) is 4.46. The molecular formula is C16H22N2O4S.